The number of fused-ring (bicyclic) bond motifs is 7. The van der Waals surface area contributed by atoms with Crippen LogP contribution in [-0.2, 0) is 0 Å². The zero-order valence-corrected chi connectivity index (χ0v) is 33.3. The molecule has 0 radical (unpaired) electrons. The highest BCUT2D eigenvalue weighted by Crippen LogP contribution is 2.41. The molecular formula is C56H35N3S. The van der Waals surface area contributed by atoms with Gasteiger partial charge in [-0.15, -0.1) is 11.3 Å². The molecule has 0 saturated heterocycles. The fourth-order valence-electron chi connectivity index (χ4n) is 9.01. The summed E-state index contributed by atoms with van der Waals surface area (Å²) in [7, 11) is 0. The number of hydrogen-bond acceptors (Lipinski definition) is 3. The lowest BCUT2D eigenvalue weighted by atomic mass is 9.93. The first-order valence-electron chi connectivity index (χ1n) is 20.3. The first kappa shape index (κ1) is 34.4. The maximum absolute atomic E-state index is 5.25. The molecule has 0 saturated carbocycles. The van der Waals surface area contributed by atoms with Crippen molar-refractivity contribution in [1.82, 2.24) is 14.5 Å². The molecule has 60 heavy (non-hydrogen) atoms. The Bertz CT molecular complexity index is 3530. The van der Waals surface area contributed by atoms with Gasteiger partial charge in [0, 0.05) is 53.3 Å². The van der Waals surface area contributed by atoms with Gasteiger partial charge in [0.25, 0.3) is 0 Å². The largest absolute Gasteiger partial charge is 0.309 e. The highest BCUT2D eigenvalue weighted by Gasteiger charge is 2.17. The van der Waals surface area contributed by atoms with Gasteiger partial charge in [0.05, 0.1) is 22.4 Å². The minimum Gasteiger partial charge on any atom is -0.309 e. The van der Waals surface area contributed by atoms with Crippen LogP contribution < -0.4 is 0 Å². The van der Waals surface area contributed by atoms with Gasteiger partial charge in [-0.1, -0.05) is 176 Å². The summed E-state index contributed by atoms with van der Waals surface area (Å²) >= 11 is 1.86. The number of nitrogens with zero attached hydrogens (tertiary/aromatic N) is 3. The molecule has 12 aromatic rings. The number of rotatable bonds is 6. The van der Waals surface area contributed by atoms with Crippen molar-refractivity contribution in [3.05, 3.63) is 212 Å². The molecule has 0 N–H and O–H groups in total. The molecule has 3 heterocycles. The first-order valence-corrected chi connectivity index (χ1v) is 21.1. The van der Waals surface area contributed by atoms with Crippen LogP contribution in [0.4, 0.5) is 0 Å². The molecule has 0 bridgehead atoms. The molecule has 3 nitrogen and oxygen atoms in total. The summed E-state index contributed by atoms with van der Waals surface area (Å²) in [5, 5.41) is 7.48. The number of para-hydroxylation sites is 2. The second-order valence-electron chi connectivity index (χ2n) is 15.3. The average molecular weight is 782 g/mol. The molecule has 12 rings (SSSR count). The van der Waals surface area contributed by atoms with Crippen molar-refractivity contribution >= 4 is 64.1 Å². The van der Waals surface area contributed by atoms with Crippen LogP contribution in [0.15, 0.2) is 212 Å². The predicted octanol–water partition coefficient (Wildman–Crippen LogP) is 15.4. The normalized spacial score (nSPS) is 11.7. The van der Waals surface area contributed by atoms with Gasteiger partial charge >= 0.3 is 0 Å². The standard InChI is InChI=1S/C56H35N3S/c1-2-13-39(14-3-1)56-57-50(38-27-25-37(26-28-38)42-20-12-21-49-48-19-8-11-24-54(48)60-55(42)49)35-51(58-56)45-34-33-41(43-15-4-5-16-44(43)45)36-29-31-40(32-30-36)59-52-22-9-6-17-46(52)47-18-7-10-23-53(47)59/h1-35H. The maximum atomic E-state index is 5.25. The summed E-state index contributed by atoms with van der Waals surface area (Å²) in [4.78, 5) is 10.4. The monoisotopic (exact) mass is 781 g/mol. The molecule has 0 spiro atoms. The Morgan fingerprint density at radius 1 is 0.333 bits per heavy atom. The van der Waals surface area contributed by atoms with E-state index >= 15 is 0 Å². The molecule has 0 fully saturated rings. The Morgan fingerprint density at radius 2 is 0.867 bits per heavy atom. The summed E-state index contributed by atoms with van der Waals surface area (Å²) < 4.78 is 5.00. The van der Waals surface area contributed by atoms with E-state index in [1.54, 1.807) is 0 Å². The minimum absolute atomic E-state index is 0.705. The van der Waals surface area contributed by atoms with Crippen molar-refractivity contribution in [2.24, 2.45) is 0 Å². The van der Waals surface area contributed by atoms with E-state index in [-0.39, 0.29) is 0 Å². The summed E-state index contributed by atoms with van der Waals surface area (Å²) in [5.74, 6) is 0.705. The van der Waals surface area contributed by atoms with Gasteiger partial charge in [0.1, 0.15) is 0 Å². The molecule has 0 aliphatic rings. The topological polar surface area (TPSA) is 30.7 Å². The van der Waals surface area contributed by atoms with Crippen LogP contribution in [0.1, 0.15) is 0 Å². The van der Waals surface area contributed by atoms with E-state index in [1.165, 1.54) is 69.6 Å². The van der Waals surface area contributed by atoms with Crippen LogP contribution in [-0.4, -0.2) is 14.5 Å². The first-order chi connectivity index (χ1) is 29.7. The van der Waals surface area contributed by atoms with Gasteiger partial charge in [-0.2, -0.15) is 0 Å². The van der Waals surface area contributed by atoms with Crippen molar-refractivity contribution in [2.45, 2.75) is 0 Å². The smallest absolute Gasteiger partial charge is 0.160 e. The van der Waals surface area contributed by atoms with Gasteiger partial charge in [0.15, 0.2) is 5.82 Å². The third-order valence-corrected chi connectivity index (χ3v) is 13.1. The molecule has 4 heteroatoms. The van der Waals surface area contributed by atoms with Crippen molar-refractivity contribution in [1.29, 1.82) is 0 Å². The molecule has 0 unspecified atom stereocenters. The zero-order chi connectivity index (χ0) is 39.6. The molecule has 0 atom stereocenters. The average Bonchev–Trinajstić information content (AvgIpc) is 3.88. The van der Waals surface area contributed by atoms with Crippen molar-refractivity contribution < 1.29 is 0 Å². The zero-order valence-electron chi connectivity index (χ0n) is 32.5. The maximum Gasteiger partial charge on any atom is 0.160 e. The van der Waals surface area contributed by atoms with Crippen LogP contribution in [0.5, 0.6) is 0 Å². The van der Waals surface area contributed by atoms with Gasteiger partial charge in [-0.05, 0) is 69.4 Å². The Hall–Kier alpha value is -7.66. The number of aromatic nitrogens is 3. The van der Waals surface area contributed by atoms with Gasteiger partial charge in [-0.25, -0.2) is 9.97 Å². The van der Waals surface area contributed by atoms with E-state index in [9.17, 15) is 0 Å². The number of hydrogen-bond donors (Lipinski definition) is 0. The molecule has 9 aromatic carbocycles. The quantitative estimate of drug-likeness (QED) is 0.168. The van der Waals surface area contributed by atoms with E-state index < -0.39 is 0 Å². The Kier molecular flexibility index (Phi) is 8.03. The second-order valence-corrected chi connectivity index (χ2v) is 16.4. The molecule has 280 valence electrons. The van der Waals surface area contributed by atoms with Crippen molar-refractivity contribution in [3.63, 3.8) is 0 Å². The fourth-order valence-corrected chi connectivity index (χ4v) is 10.2. The van der Waals surface area contributed by atoms with E-state index in [2.05, 4.69) is 199 Å². The van der Waals surface area contributed by atoms with E-state index in [4.69, 9.17) is 9.97 Å². The highest BCUT2D eigenvalue weighted by molar-refractivity contribution is 7.26. The summed E-state index contributed by atoms with van der Waals surface area (Å²) in [6, 6.07) is 76.1. The highest BCUT2D eigenvalue weighted by atomic mass is 32.1. The summed E-state index contributed by atoms with van der Waals surface area (Å²) in [6.45, 7) is 0. The Balaban J connectivity index is 0.947. The third kappa shape index (κ3) is 5.65. The number of benzene rings is 9. The predicted molar refractivity (Wildman–Crippen MR) is 254 cm³/mol. The summed E-state index contributed by atoms with van der Waals surface area (Å²) in [5.41, 5.74) is 13.2. The van der Waals surface area contributed by atoms with Crippen molar-refractivity contribution in [2.75, 3.05) is 0 Å². The summed E-state index contributed by atoms with van der Waals surface area (Å²) in [6.07, 6.45) is 0. The van der Waals surface area contributed by atoms with Crippen LogP contribution >= 0.6 is 11.3 Å². The lowest BCUT2D eigenvalue weighted by molar-refractivity contribution is 1.18. The van der Waals surface area contributed by atoms with Gasteiger partial charge < -0.3 is 4.57 Å². The van der Waals surface area contributed by atoms with E-state index in [0.29, 0.717) is 5.82 Å². The fraction of sp³-hybridized carbons (Fsp3) is 0. The SMILES string of the molecule is c1ccc(-c2nc(-c3ccc(-c4cccc5c4sc4ccccc45)cc3)cc(-c3ccc(-c4ccc(-n5c6ccccc6c6ccccc65)cc4)c4ccccc34)n2)cc1. The number of thiophene rings is 1. The third-order valence-electron chi connectivity index (χ3n) is 11.9. The van der Waals surface area contributed by atoms with Crippen LogP contribution in [0.2, 0.25) is 0 Å². The Morgan fingerprint density at radius 3 is 1.60 bits per heavy atom. The minimum atomic E-state index is 0.705. The molecule has 3 aromatic heterocycles. The lowest BCUT2D eigenvalue weighted by Crippen LogP contribution is -1.97. The van der Waals surface area contributed by atoms with E-state index in [1.807, 2.05) is 29.5 Å². The van der Waals surface area contributed by atoms with Gasteiger partial charge in [-0.3, -0.25) is 0 Å². The molecule has 0 aliphatic carbocycles. The van der Waals surface area contributed by atoms with Crippen LogP contribution in [0, 0.1) is 0 Å². The van der Waals surface area contributed by atoms with Crippen molar-refractivity contribution in [3.8, 4) is 61.8 Å². The molecular weight excluding hydrogens is 747 g/mol. The second kappa shape index (κ2) is 14.0. The van der Waals surface area contributed by atoms with Crippen LogP contribution in [0.3, 0.4) is 0 Å². The van der Waals surface area contributed by atoms with Gasteiger partial charge in [0.2, 0.25) is 0 Å². The lowest BCUT2D eigenvalue weighted by Gasteiger charge is -2.15. The van der Waals surface area contributed by atoms with E-state index in [0.717, 1.165) is 39.2 Å². The molecule has 0 aliphatic heterocycles. The Labute approximate surface area is 351 Å². The molecule has 0 amide bonds. The van der Waals surface area contributed by atoms with Crippen LogP contribution in [0.25, 0.3) is 115 Å².